The Morgan fingerprint density at radius 3 is 2.56 bits per heavy atom. The van der Waals surface area contributed by atoms with E-state index in [0.717, 1.165) is 16.9 Å². The van der Waals surface area contributed by atoms with Crippen molar-refractivity contribution in [2.75, 3.05) is 12.4 Å². The molecule has 172 valence electrons. The van der Waals surface area contributed by atoms with Gasteiger partial charge in [0.05, 0.1) is 35.2 Å². The zero-order valence-corrected chi connectivity index (χ0v) is 19.7. The van der Waals surface area contributed by atoms with Gasteiger partial charge in [-0.05, 0) is 67.9 Å². The summed E-state index contributed by atoms with van der Waals surface area (Å²) >= 11 is 1.19. The minimum Gasteiger partial charge on any atom is -0.494 e. The van der Waals surface area contributed by atoms with Gasteiger partial charge in [0.1, 0.15) is 5.75 Å². The SMILES string of the molecule is CCOc1ccc(/C=N\NC(=O)CSc2nc3ccccc3c(=O)n2-c2ccc(C)cc2)cc1. The van der Waals surface area contributed by atoms with E-state index < -0.39 is 0 Å². The number of para-hydroxylation sites is 1. The van der Waals surface area contributed by atoms with Gasteiger partial charge in [-0.3, -0.25) is 14.2 Å². The predicted octanol–water partition coefficient (Wildman–Crippen LogP) is 4.34. The molecule has 7 nitrogen and oxygen atoms in total. The van der Waals surface area contributed by atoms with Gasteiger partial charge in [0.2, 0.25) is 0 Å². The van der Waals surface area contributed by atoms with Gasteiger partial charge in [-0.15, -0.1) is 0 Å². The topological polar surface area (TPSA) is 85.6 Å². The molecule has 0 unspecified atom stereocenters. The van der Waals surface area contributed by atoms with Gasteiger partial charge < -0.3 is 4.74 Å². The molecule has 0 aliphatic rings. The fraction of sp³-hybridized carbons (Fsp3) is 0.154. The first-order chi connectivity index (χ1) is 16.5. The highest BCUT2D eigenvalue weighted by molar-refractivity contribution is 7.99. The quantitative estimate of drug-likeness (QED) is 0.179. The zero-order valence-electron chi connectivity index (χ0n) is 18.9. The molecule has 8 heteroatoms. The number of carbonyl (C=O) groups excluding carboxylic acids is 1. The lowest BCUT2D eigenvalue weighted by molar-refractivity contribution is -0.118. The predicted molar refractivity (Wildman–Crippen MR) is 136 cm³/mol. The van der Waals surface area contributed by atoms with Crippen molar-refractivity contribution in [1.82, 2.24) is 15.0 Å². The lowest BCUT2D eigenvalue weighted by Crippen LogP contribution is -2.24. The number of aromatic nitrogens is 2. The van der Waals surface area contributed by atoms with Crippen molar-refractivity contribution >= 4 is 34.8 Å². The number of thioether (sulfide) groups is 1. The number of fused-ring (bicyclic) bond motifs is 1. The molecular weight excluding hydrogens is 448 g/mol. The van der Waals surface area contributed by atoms with Crippen LogP contribution in [0.1, 0.15) is 18.1 Å². The number of rotatable bonds is 8. The Labute approximate surface area is 201 Å². The number of ether oxygens (including phenoxy) is 1. The fourth-order valence-corrected chi connectivity index (χ4v) is 4.09. The Bertz CT molecular complexity index is 1380. The highest BCUT2D eigenvalue weighted by Crippen LogP contribution is 2.21. The molecule has 0 atom stereocenters. The number of amides is 1. The molecular formula is C26H24N4O3S. The minimum absolute atomic E-state index is 0.0528. The Hall–Kier alpha value is -3.91. The maximum atomic E-state index is 13.2. The Morgan fingerprint density at radius 2 is 1.82 bits per heavy atom. The molecule has 0 bridgehead atoms. The maximum absolute atomic E-state index is 13.2. The van der Waals surface area contributed by atoms with E-state index in [1.807, 2.05) is 74.5 Å². The van der Waals surface area contributed by atoms with Crippen molar-refractivity contribution in [3.05, 3.63) is 94.3 Å². The second-order valence-electron chi connectivity index (χ2n) is 7.47. The van der Waals surface area contributed by atoms with Crippen molar-refractivity contribution < 1.29 is 9.53 Å². The smallest absolute Gasteiger partial charge is 0.266 e. The number of aryl methyl sites for hydroxylation is 1. The highest BCUT2D eigenvalue weighted by Gasteiger charge is 2.14. The molecule has 0 aliphatic carbocycles. The van der Waals surface area contributed by atoms with Gasteiger partial charge >= 0.3 is 0 Å². The van der Waals surface area contributed by atoms with Gasteiger partial charge in [-0.2, -0.15) is 5.10 Å². The summed E-state index contributed by atoms with van der Waals surface area (Å²) in [6.07, 6.45) is 1.56. The molecule has 4 aromatic rings. The fourth-order valence-electron chi connectivity index (χ4n) is 3.29. The average molecular weight is 473 g/mol. The van der Waals surface area contributed by atoms with Crippen molar-refractivity contribution in [2.24, 2.45) is 5.10 Å². The van der Waals surface area contributed by atoms with E-state index >= 15 is 0 Å². The molecule has 1 amide bonds. The molecule has 0 fully saturated rings. The van der Waals surface area contributed by atoms with E-state index in [4.69, 9.17) is 4.74 Å². The van der Waals surface area contributed by atoms with Crippen LogP contribution in [-0.4, -0.2) is 34.0 Å². The van der Waals surface area contributed by atoms with Crippen LogP contribution in [0.2, 0.25) is 0 Å². The largest absolute Gasteiger partial charge is 0.494 e. The number of carbonyl (C=O) groups is 1. The summed E-state index contributed by atoms with van der Waals surface area (Å²) in [6, 6.07) is 22.2. The van der Waals surface area contributed by atoms with Crippen LogP contribution >= 0.6 is 11.8 Å². The molecule has 0 saturated heterocycles. The molecule has 0 spiro atoms. The first kappa shape index (κ1) is 23.3. The molecule has 1 aromatic heterocycles. The highest BCUT2D eigenvalue weighted by atomic mass is 32.2. The van der Waals surface area contributed by atoms with Crippen LogP contribution in [0.3, 0.4) is 0 Å². The monoisotopic (exact) mass is 472 g/mol. The summed E-state index contributed by atoms with van der Waals surface area (Å²) in [5, 5.41) is 4.99. The summed E-state index contributed by atoms with van der Waals surface area (Å²) in [7, 11) is 0. The lowest BCUT2D eigenvalue weighted by Gasteiger charge is -2.13. The van der Waals surface area contributed by atoms with Crippen LogP contribution in [0, 0.1) is 6.92 Å². The molecule has 0 radical (unpaired) electrons. The summed E-state index contributed by atoms with van der Waals surface area (Å²) in [6.45, 7) is 4.51. The molecule has 1 heterocycles. The average Bonchev–Trinajstić information content (AvgIpc) is 2.85. The van der Waals surface area contributed by atoms with Crippen LogP contribution in [0.5, 0.6) is 5.75 Å². The Morgan fingerprint density at radius 1 is 1.09 bits per heavy atom. The lowest BCUT2D eigenvalue weighted by atomic mass is 10.2. The number of nitrogens with one attached hydrogen (secondary N) is 1. The van der Waals surface area contributed by atoms with E-state index in [2.05, 4.69) is 15.5 Å². The van der Waals surface area contributed by atoms with E-state index in [0.29, 0.717) is 28.4 Å². The van der Waals surface area contributed by atoms with Crippen LogP contribution in [-0.2, 0) is 4.79 Å². The molecule has 0 aliphatic heterocycles. The Balaban J connectivity index is 1.50. The van der Waals surface area contributed by atoms with Gasteiger partial charge in [-0.1, -0.05) is 41.6 Å². The van der Waals surface area contributed by atoms with Gasteiger partial charge in [0, 0.05) is 0 Å². The third-order valence-electron chi connectivity index (χ3n) is 4.96. The van der Waals surface area contributed by atoms with Crippen molar-refractivity contribution in [3.63, 3.8) is 0 Å². The molecule has 0 saturated carbocycles. The van der Waals surface area contributed by atoms with Crippen molar-refractivity contribution in [3.8, 4) is 11.4 Å². The van der Waals surface area contributed by atoms with Crippen molar-refractivity contribution in [2.45, 2.75) is 19.0 Å². The van der Waals surface area contributed by atoms with Crippen LogP contribution in [0.25, 0.3) is 16.6 Å². The van der Waals surface area contributed by atoms with Crippen LogP contribution in [0.15, 0.2) is 87.8 Å². The maximum Gasteiger partial charge on any atom is 0.266 e. The van der Waals surface area contributed by atoms with Crippen LogP contribution < -0.4 is 15.7 Å². The molecule has 4 rings (SSSR count). The summed E-state index contributed by atoms with van der Waals surface area (Å²) in [5.74, 6) is 0.532. The van der Waals surface area contributed by atoms with Gasteiger partial charge in [0.15, 0.2) is 5.16 Å². The number of hydrogen-bond acceptors (Lipinski definition) is 6. The van der Waals surface area contributed by atoms with E-state index in [-0.39, 0.29) is 17.2 Å². The van der Waals surface area contributed by atoms with Crippen LogP contribution in [0.4, 0.5) is 0 Å². The first-order valence-electron chi connectivity index (χ1n) is 10.8. The summed E-state index contributed by atoms with van der Waals surface area (Å²) in [5.41, 5.74) is 5.56. The number of benzene rings is 3. The number of hydrazone groups is 1. The molecule has 34 heavy (non-hydrogen) atoms. The van der Waals surface area contributed by atoms with Gasteiger partial charge in [0.25, 0.3) is 11.5 Å². The molecule has 3 aromatic carbocycles. The second kappa shape index (κ2) is 10.8. The van der Waals surface area contributed by atoms with Crippen molar-refractivity contribution in [1.29, 1.82) is 0 Å². The normalized spacial score (nSPS) is 11.1. The van der Waals surface area contributed by atoms with E-state index in [9.17, 15) is 9.59 Å². The van der Waals surface area contributed by atoms with Gasteiger partial charge in [-0.25, -0.2) is 10.4 Å². The second-order valence-corrected chi connectivity index (χ2v) is 8.41. The molecule has 1 N–H and O–H groups in total. The Kier molecular flexibility index (Phi) is 7.39. The van der Waals surface area contributed by atoms with E-state index in [1.54, 1.807) is 22.9 Å². The standard InChI is InChI=1S/C26H24N4O3S/c1-3-33-21-14-10-19(11-15-21)16-27-29-24(31)17-34-26-28-23-7-5-4-6-22(23)25(32)30(26)20-12-8-18(2)9-13-20/h4-16H,3,17H2,1-2H3,(H,29,31)/b27-16-. The number of nitrogens with zero attached hydrogens (tertiary/aromatic N) is 3. The third-order valence-corrected chi connectivity index (χ3v) is 5.90. The third kappa shape index (κ3) is 5.52. The zero-order chi connectivity index (χ0) is 23.9. The summed E-state index contributed by atoms with van der Waals surface area (Å²) in [4.78, 5) is 30.3. The minimum atomic E-state index is -0.301. The van der Waals surface area contributed by atoms with E-state index in [1.165, 1.54) is 11.8 Å². The summed E-state index contributed by atoms with van der Waals surface area (Å²) < 4.78 is 6.96. The number of hydrogen-bond donors (Lipinski definition) is 1. The first-order valence-corrected chi connectivity index (χ1v) is 11.8.